The number of aromatic nitrogens is 1. The first-order valence-electron chi connectivity index (χ1n) is 8.27. The molecule has 0 amide bonds. The second-order valence-electron chi connectivity index (χ2n) is 6.29. The lowest BCUT2D eigenvalue weighted by Gasteiger charge is -2.17. The summed E-state index contributed by atoms with van der Waals surface area (Å²) in [6, 6.07) is 12.1. The number of anilines is 1. The molecule has 1 aliphatic carbocycles. The number of carbonyl (C=O) groups excluding carboxylic acids is 1. The van der Waals surface area contributed by atoms with E-state index >= 15 is 0 Å². The molecular weight excluding hydrogens is 296 g/mol. The molecule has 0 spiro atoms. The second-order valence-corrected chi connectivity index (χ2v) is 6.29. The summed E-state index contributed by atoms with van der Waals surface area (Å²) in [6.07, 6.45) is 10.2. The minimum atomic E-state index is 0.176. The number of pyridine rings is 1. The lowest BCUT2D eigenvalue weighted by molar-refractivity contribution is -0.112. The summed E-state index contributed by atoms with van der Waals surface area (Å²) in [5.41, 5.74) is 5.06. The molecule has 24 heavy (non-hydrogen) atoms. The Morgan fingerprint density at radius 2 is 1.42 bits per heavy atom. The minimum absolute atomic E-state index is 0.176. The molecule has 0 N–H and O–H groups in total. The molecule has 3 rings (SSSR count). The number of allylic oxidation sites excluding steroid dienone is 2. The summed E-state index contributed by atoms with van der Waals surface area (Å²) in [7, 11) is 4.04. The van der Waals surface area contributed by atoms with E-state index in [9.17, 15) is 4.79 Å². The highest BCUT2D eigenvalue weighted by molar-refractivity contribution is 6.13. The zero-order chi connectivity index (χ0) is 16.9. The van der Waals surface area contributed by atoms with Gasteiger partial charge < -0.3 is 4.90 Å². The fourth-order valence-electron chi connectivity index (χ4n) is 2.91. The third-order valence-corrected chi connectivity index (χ3v) is 4.27. The van der Waals surface area contributed by atoms with Gasteiger partial charge in [0.2, 0.25) is 0 Å². The van der Waals surface area contributed by atoms with E-state index in [1.807, 2.05) is 38.4 Å². The number of rotatable bonds is 3. The maximum Gasteiger partial charge on any atom is 0.185 e. The van der Waals surface area contributed by atoms with Crippen molar-refractivity contribution >= 4 is 23.6 Å². The Balaban J connectivity index is 1.83. The monoisotopic (exact) mass is 318 g/mol. The lowest BCUT2D eigenvalue weighted by Crippen LogP contribution is -2.12. The van der Waals surface area contributed by atoms with Crippen molar-refractivity contribution in [2.75, 3.05) is 19.0 Å². The van der Waals surface area contributed by atoms with Crippen LogP contribution in [0.15, 0.2) is 59.9 Å². The number of hydrogen-bond donors (Lipinski definition) is 0. The van der Waals surface area contributed by atoms with Crippen LogP contribution in [0, 0.1) is 0 Å². The molecule has 0 atom stereocenters. The largest absolute Gasteiger partial charge is 0.378 e. The van der Waals surface area contributed by atoms with E-state index in [-0.39, 0.29) is 5.78 Å². The molecule has 1 fully saturated rings. The van der Waals surface area contributed by atoms with Crippen LogP contribution in [-0.2, 0) is 4.79 Å². The predicted molar refractivity (Wildman–Crippen MR) is 99.8 cm³/mol. The van der Waals surface area contributed by atoms with Gasteiger partial charge in [-0.15, -0.1) is 0 Å². The van der Waals surface area contributed by atoms with Crippen molar-refractivity contribution in [3.05, 3.63) is 71.1 Å². The van der Waals surface area contributed by atoms with E-state index in [4.69, 9.17) is 0 Å². The number of carbonyl (C=O) groups is 1. The van der Waals surface area contributed by atoms with Crippen LogP contribution in [0.1, 0.15) is 30.4 Å². The predicted octanol–water partition coefficient (Wildman–Crippen LogP) is 4.37. The first kappa shape index (κ1) is 16.2. The topological polar surface area (TPSA) is 33.2 Å². The summed E-state index contributed by atoms with van der Waals surface area (Å²) in [6.45, 7) is 0. The Labute approximate surface area is 143 Å². The second kappa shape index (κ2) is 7.26. The Morgan fingerprint density at radius 1 is 0.875 bits per heavy atom. The van der Waals surface area contributed by atoms with E-state index in [0.29, 0.717) is 0 Å². The van der Waals surface area contributed by atoms with Crippen LogP contribution in [0.5, 0.6) is 0 Å². The van der Waals surface area contributed by atoms with Gasteiger partial charge in [0.15, 0.2) is 5.78 Å². The van der Waals surface area contributed by atoms with Gasteiger partial charge in [-0.1, -0.05) is 12.1 Å². The van der Waals surface area contributed by atoms with Gasteiger partial charge in [0.1, 0.15) is 0 Å². The summed E-state index contributed by atoms with van der Waals surface area (Å²) >= 11 is 0. The smallest absolute Gasteiger partial charge is 0.185 e. The van der Waals surface area contributed by atoms with Gasteiger partial charge in [-0.25, -0.2) is 0 Å². The Hall–Kier alpha value is -2.68. The maximum atomic E-state index is 12.7. The maximum absolute atomic E-state index is 12.7. The first-order valence-corrected chi connectivity index (χ1v) is 8.27. The zero-order valence-corrected chi connectivity index (χ0v) is 14.2. The van der Waals surface area contributed by atoms with E-state index in [1.54, 1.807) is 12.4 Å². The molecule has 2 aromatic rings. The van der Waals surface area contributed by atoms with Crippen LogP contribution in [0.2, 0.25) is 0 Å². The van der Waals surface area contributed by atoms with Gasteiger partial charge in [0.05, 0.1) is 0 Å². The van der Waals surface area contributed by atoms with Crippen LogP contribution in [-0.4, -0.2) is 24.9 Å². The molecular formula is C21H22N2O. The highest BCUT2D eigenvalue weighted by Crippen LogP contribution is 2.28. The van der Waals surface area contributed by atoms with Gasteiger partial charge >= 0.3 is 0 Å². The third-order valence-electron chi connectivity index (χ3n) is 4.27. The van der Waals surface area contributed by atoms with Gasteiger partial charge in [-0.3, -0.25) is 9.78 Å². The fraction of sp³-hybridized carbons (Fsp3) is 0.238. The van der Waals surface area contributed by atoms with E-state index in [2.05, 4.69) is 34.1 Å². The first-order chi connectivity index (χ1) is 11.6. The molecule has 1 saturated carbocycles. The van der Waals surface area contributed by atoms with Crippen molar-refractivity contribution < 1.29 is 4.79 Å². The van der Waals surface area contributed by atoms with Crippen molar-refractivity contribution in [1.29, 1.82) is 0 Å². The Morgan fingerprint density at radius 3 is 1.96 bits per heavy atom. The molecule has 122 valence electrons. The molecule has 3 nitrogen and oxygen atoms in total. The molecule has 0 saturated heterocycles. The normalized spacial score (nSPS) is 18.2. The number of hydrogen-bond acceptors (Lipinski definition) is 3. The third kappa shape index (κ3) is 3.80. The standard InChI is InChI=1S/C21H22N2O/c1-23(2)20-8-6-16(7-9-20)14-18-4-3-5-19(21(18)24)15-17-10-12-22-13-11-17/h6-15H,3-5H2,1-2H3. The number of benzene rings is 1. The average molecular weight is 318 g/mol. The Bertz CT molecular complexity index is 771. The van der Waals surface area contributed by atoms with Crippen molar-refractivity contribution in [1.82, 2.24) is 4.98 Å². The minimum Gasteiger partial charge on any atom is -0.378 e. The van der Waals surface area contributed by atoms with Gasteiger partial charge in [0.25, 0.3) is 0 Å². The van der Waals surface area contributed by atoms with Crippen molar-refractivity contribution in [3.8, 4) is 0 Å². The highest BCUT2D eigenvalue weighted by atomic mass is 16.1. The zero-order valence-electron chi connectivity index (χ0n) is 14.2. The summed E-state index contributed by atoms with van der Waals surface area (Å²) in [5.74, 6) is 0.176. The quantitative estimate of drug-likeness (QED) is 0.788. The lowest BCUT2D eigenvalue weighted by atomic mass is 9.87. The van der Waals surface area contributed by atoms with Crippen molar-refractivity contribution in [2.24, 2.45) is 0 Å². The van der Waals surface area contributed by atoms with Crippen LogP contribution in [0.3, 0.4) is 0 Å². The molecule has 0 bridgehead atoms. The average Bonchev–Trinajstić information content (AvgIpc) is 2.60. The van der Waals surface area contributed by atoms with E-state index in [1.165, 1.54) is 0 Å². The van der Waals surface area contributed by atoms with Gasteiger partial charge in [0, 0.05) is 43.3 Å². The number of nitrogens with zero attached hydrogens (tertiary/aromatic N) is 2. The number of ketones is 1. The summed E-state index contributed by atoms with van der Waals surface area (Å²) in [4.78, 5) is 18.8. The van der Waals surface area contributed by atoms with Crippen molar-refractivity contribution in [2.45, 2.75) is 19.3 Å². The van der Waals surface area contributed by atoms with Crippen LogP contribution >= 0.6 is 0 Å². The molecule has 3 heteroatoms. The molecule has 1 aromatic heterocycles. The molecule has 1 heterocycles. The molecule has 1 aromatic carbocycles. The van der Waals surface area contributed by atoms with E-state index in [0.717, 1.165) is 47.2 Å². The summed E-state index contributed by atoms with van der Waals surface area (Å²) in [5, 5.41) is 0. The Kier molecular flexibility index (Phi) is 4.90. The summed E-state index contributed by atoms with van der Waals surface area (Å²) < 4.78 is 0. The van der Waals surface area contributed by atoms with Crippen LogP contribution in [0.4, 0.5) is 5.69 Å². The van der Waals surface area contributed by atoms with Gasteiger partial charge in [-0.2, -0.15) is 0 Å². The molecule has 0 radical (unpaired) electrons. The number of Topliss-reactive ketones (excluding diaryl/α,β-unsaturated/α-hetero) is 1. The van der Waals surface area contributed by atoms with Crippen molar-refractivity contribution in [3.63, 3.8) is 0 Å². The van der Waals surface area contributed by atoms with Gasteiger partial charge in [-0.05, 0) is 66.8 Å². The molecule has 0 aliphatic heterocycles. The molecule has 1 aliphatic rings. The highest BCUT2D eigenvalue weighted by Gasteiger charge is 2.20. The van der Waals surface area contributed by atoms with Crippen LogP contribution in [0.25, 0.3) is 12.2 Å². The SMILES string of the molecule is CN(C)c1ccc(C=C2CCCC(=Cc3ccncc3)C2=O)cc1. The van der Waals surface area contributed by atoms with E-state index < -0.39 is 0 Å². The fourth-order valence-corrected chi connectivity index (χ4v) is 2.91. The molecule has 0 unspecified atom stereocenters. The van der Waals surface area contributed by atoms with Crippen LogP contribution < -0.4 is 4.90 Å².